The van der Waals surface area contributed by atoms with Crippen LogP contribution in [-0.4, -0.2) is 123 Å². The number of nitrogens with zero attached hydrogens (tertiary/aromatic N) is 2. The van der Waals surface area contributed by atoms with Crippen LogP contribution >= 0.6 is 0 Å². The van der Waals surface area contributed by atoms with Crippen molar-refractivity contribution in [3.8, 4) is 0 Å². The number of carbonyl (C=O) groups is 3. The number of Topliss-reactive ketones (excluding diaryl/α,β-unsaturated/α-hetero) is 1. The molecule has 15 heteroatoms. The Balaban J connectivity index is 1.82. The van der Waals surface area contributed by atoms with Gasteiger partial charge < -0.3 is 39.0 Å². The van der Waals surface area contributed by atoms with Crippen LogP contribution in [-0.2, 0) is 44.5 Å². The third-order valence-corrected chi connectivity index (χ3v) is 12.2. The maximum atomic E-state index is 14.1. The second kappa shape index (κ2) is 18.0. The smallest absolute Gasteiger partial charge is 0.312 e. The lowest BCUT2D eigenvalue weighted by molar-refractivity contribution is -0.384. The standard InChI is InChI=1S/C40H62N2O13/c1-11-30-40(8,48)35(46)23(4)32(44)21(2)20-39(7,51-10)36(55-38-33(45)29(17-22(3)52-38)41(9)27-15-16-27)24(5)34(25(6)37(47)53-30)54-31(43)19-26-13-12-14-28(18-26)42(49)50/h12-14,18,21-25,27,29-30,33-36,38,45-46,48H,11,15-17,19-20H2,1-10H3/t21-,22-,23+,24+,25-,29+,30-,33-,34+,35-,36-,38+,39-,40-/m1/s1. The molecule has 0 radical (unpaired) electrons. The van der Waals surface area contributed by atoms with Crippen molar-refractivity contribution in [2.24, 2.45) is 23.7 Å². The van der Waals surface area contributed by atoms with E-state index in [-0.39, 0.29) is 42.9 Å². The molecule has 1 saturated carbocycles. The number of aliphatic hydroxyl groups is 3. The Morgan fingerprint density at radius 1 is 1.09 bits per heavy atom. The third kappa shape index (κ3) is 10.1. The molecule has 55 heavy (non-hydrogen) atoms. The van der Waals surface area contributed by atoms with Gasteiger partial charge in [0.1, 0.15) is 29.7 Å². The predicted octanol–water partition coefficient (Wildman–Crippen LogP) is 3.75. The summed E-state index contributed by atoms with van der Waals surface area (Å²) in [6.45, 7) is 13.0. The molecule has 0 unspecified atom stereocenters. The van der Waals surface area contributed by atoms with Crippen molar-refractivity contribution in [3.05, 3.63) is 39.9 Å². The summed E-state index contributed by atoms with van der Waals surface area (Å²) in [5.41, 5.74) is -3.28. The first-order valence-corrected chi connectivity index (χ1v) is 19.5. The van der Waals surface area contributed by atoms with Crippen molar-refractivity contribution >= 4 is 23.4 Å². The molecule has 15 nitrogen and oxygen atoms in total. The number of aliphatic hydroxyl groups excluding tert-OH is 2. The molecule has 0 amide bonds. The van der Waals surface area contributed by atoms with E-state index in [1.807, 2.05) is 14.0 Å². The highest BCUT2D eigenvalue weighted by atomic mass is 16.7. The summed E-state index contributed by atoms with van der Waals surface area (Å²) < 4.78 is 31.2. The SMILES string of the molecule is CC[C@H]1OC(=O)[C@H](C)[C@@H](OC(=O)Cc2cccc([N+](=O)[O-])c2)[C@H](C)[C@@H](O[C@@H]2O[C@H](C)C[C@H](N(C)C3CC3)[C@H]2O)[C@](C)(OC)C[C@@H](C)C(=O)[C@H](C)[C@@H](O)[C@]1(C)O. The number of carbonyl (C=O) groups excluding carboxylic acids is 3. The molecule has 2 saturated heterocycles. The number of hydrogen-bond acceptors (Lipinski definition) is 14. The van der Waals surface area contributed by atoms with Gasteiger partial charge in [-0.05, 0) is 72.4 Å². The number of esters is 2. The van der Waals surface area contributed by atoms with Crippen LogP contribution < -0.4 is 0 Å². The van der Waals surface area contributed by atoms with Crippen molar-refractivity contribution < 1.29 is 58.3 Å². The highest BCUT2D eigenvalue weighted by molar-refractivity contribution is 5.83. The molecule has 1 aliphatic carbocycles. The Morgan fingerprint density at radius 2 is 1.75 bits per heavy atom. The van der Waals surface area contributed by atoms with Crippen LogP contribution in [0.5, 0.6) is 0 Å². The minimum Gasteiger partial charge on any atom is -0.461 e. The van der Waals surface area contributed by atoms with Crippen molar-refractivity contribution in [1.82, 2.24) is 4.90 Å². The minimum atomic E-state index is -2.03. The molecule has 1 aromatic rings. The zero-order valence-corrected chi connectivity index (χ0v) is 33.9. The molecule has 3 fully saturated rings. The molecule has 4 rings (SSSR count). The average Bonchev–Trinajstić information content (AvgIpc) is 3.99. The molecule has 14 atom stereocenters. The van der Waals surface area contributed by atoms with Crippen molar-refractivity contribution in [2.75, 3.05) is 14.2 Å². The lowest BCUT2D eigenvalue weighted by Gasteiger charge is -2.48. The molecule has 3 aliphatic rings. The summed E-state index contributed by atoms with van der Waals surface area (Å²) in [7, 11) is 3.42. The van der Waals surface area contributed by atoms with E-state index < -0.39 is 88.5 Å². The molecule has 1 aromatic carbocycles. The van der Waals surface area contributed by atoms with Crippen molar-refractivity contribution in [2.45, 2.75) is 160 Å². The number of nitro benzene ring substituents is 1. The number of methoxy groups -OCH3 is 1. The number of likely N-dealkylation sites (N-methyl/N-ethyl adjacent to an activating group) is 1. The maximum Gasteiger partial charge on any atom is 0.312 e. The van der Waals surface area contributed by atoms with E-state index in [4.69, 9.17) is 23.7 Å². The van der Waals surface area contributed by atoms with Gasteiger partial charge in [-0.15, -0.1) is 0 Å². The van der Waals surface area contributed by atoms with E-state index in [1.54, 1.807) is 33.8 Å². The zero-order valence-electron chi connectivity index (χ0n) is 33.9. The summed E-state index contributed by atoms with van der Waals surface area (Å²) in [5, 5.41) is 46.2. The van der Waals surface area contributed by atoms with E-state index in [0.717, 1.165) is 12.8 Å². The van der Waals surface area contributed by atoms with Crippen LogP contribution in [0.2, 0.25) is 0 Å². The first kappa shape index (κ1) is 44.7. The summed E-state index contributed by atoms with van der Waals surface area (Å²) >= 11 is 0. The number of cyclic esters (lactones) is 1. The van der Waals surface area contributed by atoms with E-state index in [0.29, 0.717) is 18.0 Å². The fraction of sp³-hybridized carbons (Fsp3) is 0.775. The van der Waals surface area contributed by atoms with Gasteiger partial charge in [-0.2, -0.15) is 0 Å². The van der Waals surface area contributed by atoms with Crippen molar-refractivity contribution in [1.29, 1.82) is 0 Å². The molecule has 310 valence electrons. The number of ether oxygens (including phenoxy) is 5. The second-order valence-electron chi connectivity index (χ2n) is 16.6. The van der Waals surface area contributed by atoms with Gasteiger partial charge in [-0.1, -0.05) is 39.8 Å². The fourth-order valence-corrected chi connectivity index (χ4v) is 8.57. The summed E-state index contributed by atoms with van der Waals surface area (Å²) in [6.07, 6.45) is -5.46. The number of hydrogen-bond donors (Lipinski definition) is 3. The number of nitro groups is 1. The Morgan fingerprint density at radius 3 is 2.33 bits per heavy atom. The number of rotatable bonds is 10. The largest absolute Gasteiger partial charge is 0.461 e. The van der Waals surface area contributed by atoms with Gasteiger partial charge in [0, 0.05) is 49.1 Å². The van der Waals surface area contributed by atoms with Gasteiger partial charge >= 0.3 is 11.9 Å². The van der Waals surface area contributed by atoms with E-state index in [9.17, 15) is 39.8 Å². The first-order valence-electron chi connectivity index (χ1n) is 19.5. The average molecular weight is 779 g/mol. The first-order chi connectivity index (χ1) is 25.7. The van der Waals surface area contributed by atoms with Gasteiger partial charge in [0.25, 0.3) is 5.69 Å². The van der Waals surface area contributed by atoms with E-state index >= 15 is 0 Å². The maximum absolute atomic E-state index is 14.1. The summed E-state index contributed by atoms with van der Waals surface area (Å²) in [6, 6.07) is 5.62. The quantitative estimate of drug-likeness (QED) is 0.176. The van der Waals surface area contributed by atoms with Gasteiger partial charge in [0.05, 0.1) is 41.2 Å². The van der Waals surface area contributed by atoms with E-state index in [1.165, 1.54) is 46.1 Å². The Labute approximate surface area is 324 Å². The number of ketones is 1. The third-order valence-electron chi connectivity index (χ3n) is 12.2. The molecule has 0 spiro atoms. The Kier molecular flexibility index (Phi) is 14.6. The molecule has 0 aromatic heterocycles. The topological polar surface area (TPSA) is 204 Å². The van der Waals surface area contributed by atoms with Gasteiger partial charge in [0.15, 0.2) is 6.29 Å². The highest BCUT2D eigenvalue weighted by Crippen LogP contribution is 2.41. The van der Waals surface area contributed by atoms with E-state index in [2.05, 4.69) is 4.90 Å². The molecule has 2 heterocycles. The zero-order chi connectivity index (χ0) is 41.2. The van der Waals surface area contributed by atoms with Crippen molar-refractivity contribution in [3.63, 3.8) is 0 Å². The second-order valence-corrected chi connectivity index (χ2v) is 16.6. The lowest BCUT2D eigenvalue weighted by atomic mass is 9.74. The summed E-state index contributed by atoms with van der Waals surface area (Å²) in [4.78, 5) is 54.8. The molecule has 0 bridgehead atoms. The van der Waals surface area contributed by atoms with Gasteiger partial charge in [0.2, 0.25) is 0 Å². The van der Waals surface area contributed by atoms with Gasteiger partial charge in [-0.25, -0.2) is 0 Å². The van der Waals surface area contributed by atoms with Crippen LogP contribution in [0.3, 0.4) is 0 Å². The molecular formula is C40H62N2O13. The normalized spacial score (nSPS) is 39.6. The predicted molar refractivity (Wildman–Crippen MR) is 200 cm³/mol. The molecule has 3 N–H and O–H groups in total. The van der Waals surface area contributed by atoms with Crippen LogP contribution in [0.25, 0.3) is 0 Å². The Bertz CT molecular complexity index is 1520. The van der Waals surface area contributed by atoms with Crippen LogP contribution in [0.4, 0.5) is 5.69 Å². The minimum absolute atomic E-state index is 0.0324. The van der Waals surface area contributed by atoms with Crippen LogP contribution in [0.1, 0.15) is 93.1 Å². The lowest BCUT2D eigenvalue weighted by Crippen LogP contribution is -2.61. The molecular weight excluding hydrogens is 716 g/mol. The monoisotopic (exact) mass is 778 g/mol. The summed E-state index contributed by atoms with van der Waals surface area (Å²) in [5.74, 6) is -5.94. The fourth-order valence-electron chi connectivity index (χ4n) is 8.57. The number of benzene rings is 1. The van der Waals surface area contributed by atoms with Gasteiger partial charge in [-0.3, -0.25) is 29.4 Å². The highest BCUT2D eigenvalue weighted by Gasteiger charge is 2.53. The molecule has 2 aliphatic heterocycles. The Hall–Kier alpha value is -3.05. The van der Waals surface area contributed by atoms with Crippen LogP contribution in [0, 0.1) is 33.8 Å². The number of non-ortho nitro benzene ring substituents is 1. The van der Waals surface area contributed by atoms with Crippen LogP contribution in [0.15, 0.2) is 24.3 Å².